The van der Waals surface area contributed by atoms with Gasteiger partial charge in [-0.05, 0) is 25.3 Å². The lowest BCUT2D eigenvalue weighted by Gasteiger charge is -2.09. The molecule has 2 aromatic heterocycles. The summed E-state index contributed by atoms with van der Waals surface area (Å²) in [7, 11) is 0. The zero-order valence-corrected chi connectivity index (χ0v) is 15.6. The van der Waals surface area contributed by atoms with Gasteiger partial charge in [0, 0.05) is 16.6 Å². The van der Waals surface area contributed by atoms with Crippen LogP contribution in [0.1, 0.15) is 21.1 Å². The molecule has 0 saturated carbocycles. The number of halogens is 1. The van der Waals surface area contributed by atoms with Gasteiger partial charge in [0.05, 0.1) is 17.8 Å². The van der Waals surface area contributed by atoms with Crippen molar-refractivity contribution in [2.24, 2.45) is 0 Å². The lowest BCUT2D eigenvalue weighted by Crippen LogP contribution is -2.27. The van der Waals surface area contributed by atoms with Gasteiger partial charge in [-0.25, -0.2) is 14.2 Å². The molecule has 0 radical (unpaired) electrons. The van der Waals surface area contributed by atoms with Gasteiger partial charge in [0.2, 0.25) is 0 Å². The van der Waals surface area contributed by atoms with Crippen LogP contribution >= 0.6 is 23.1 Å². The third kappa shape index (κ3) is 3.83. The Morgan fingerprint density at radius 1 is 1.35 bits per heavy atom. The van der Waals surface area contributed by atoms with Crippen LogP contribution in [0.15, 0.2) is 39.5 Å². The van der Waals surface area contributed by atoms with Gasteiger partial charge >= 0.3 is 5.69 Å². The SMILES string of the molecule is CSc1nc(=O)[nH]c(C)c1C(=O)NCc1nc(-c2ccccc2F)cs1. The molecule has 0 bridgehead atoms. The smallest absolute Gasteiger partial charge is 0.345 e. The minimum absolute atomic E-state index is 0.199. The normalized spacial score (nSPS) is 10.7. The highest BCUT2D eigenvalue weighted by Crippen LogP contribution is 2.24. The first-order chi connectivity index (χ1) is 12.5. The second kappa shape index (κ2) is 7.79. The third-order valence-corrected chi connectivity index (χ3v) is 5.14. The lowest BCUT2D eigenvalue weighted by atomic mass is 10.2. The number of nitrogens with zero attached hydrogens (tertiary/aromatic N) is 2. The van der Waals surface area contributed by atoms with E-state index in [1.807, 2.05) is 0 Å². The highest BCUT2D eigenvalue weighted by Gasteiger charge is 2.17. The van der Waals surface area contributed by atoms with Gasteiger partial charge in [0.15, 0.2) is 0 Å². The van der Waals surface area contributed by atoms with Crippen molar-refractivity contribution in [3.05, 3.63) is 62.2 Å². The molecule has 0 spiro atoms. The molecule has 0 fully saturated rings. The van der Waals surface area contributed by atoms with Crippen LogP contribution < -0.4 is 11.0 Å². The summed E-state index contributed by atoms with van der Waals surface area (Å²) in [5, 5.41) is 5.54. The highest BCUT2D eigenvalue weighted by atomic mass is 32.2. The topological polar surface area (TPSA) is 87.7 Å². The van der Waals surface area contributed by atoms with E-state index in [4.69, 9.17) is 0 Å². The molecule has 0 aliphatic carbocycles. The van der Waals surface area contributed by atoms with Crippen LogP contribution in [0.5, 0.6) is 0 Å². The Labute approximate surface area is 156 Å². The van der Waals surface area contributed by atoms with Gasteiger partial charge in [-0.15, -0.1) is 23.1 Å². The Balaban J connectivity index is 1.76. The second-order valence-electron chi connectivity index (χ2n) is 5.34. The number of aromatic amines is 1. The lowest BCUT2D eigenvalue weighted by molar-refractivity contribution is 0.0946. The first-order valence-electron chi connectivity index (χ1n) is 7.62. The van der Waals surface area contributed by atoms with Crippen LogP contribution in [0.4, 0.5) is 4.39 Å². The Kier molecular flexibility index (Phi) is 5.48. The average Bonchev–Trinajstić information content (AvgIpc) is 3.08. The molecule has 0 unspecified atom stereocenters. The van der Waals surface area contributed by atoms with E-state index < -0.39 is 5.69 Å². The van der Waals surface area contributed by atoms with E-state index in [1.165, 1.54) is 29.2 Å². The van der Waals surface area contributed by atoms with Crippen molar-refractivity contribution in [2.45, 2.75) is 18.5 Å². The number of H-pyrrole nitrogens is 1. The Bertz CT molecular complexity index is 1020. The van der Waals surface area contributed by atoms with Crippen LogP contribution in [0, 0.1) is 12.7 Å². The molecule has 1 amide bonds. The molecule has 2 N–H and O–H groups in total. The molecule has 26 heavy (non-hydrogen) atoms. The largest absolute Gasteiger partial charge is 0.346 e. The van der Waals surface area contributed by atoms with E-state index in [0.29, 0.717) is 32.5 Å². The minimum Gasteiger partial charge on any atom is -0.345 e. The molecular formula is C17H15FN4O2S2. The fourth-order valence-corrected chi connectivity index (χ4v) is 3.76. The molecule has 9 heteroatoms. The van der Waals surface area contributed by atoms with Crippen molar-refractivity contribution in [1.82, 2.24) is 20.3 Å². The molecule has 0 atom stereocenters. The van der Waals surface area contributed by atoms with Crippen molar-refractivity contribution < 1.29 is 9.18 Å². The number of hydrogen-bond donors (Lipinski definition) is 2. The van der Waals surface area contributed by atoms with E-state index in [9.17, 15) is 14.0 Å². The first-order valence-corrected chi connectivity index (χ1v) is 9.72. The molecule has 1 aromatic carbocycles. The molecular weight excluding hydrogens is 375 g/mol. The summed E-state index contributed by atoms with van der Waals surface area (Å²) < 4.78 is 13.8. The quantitative estimate of drug-likeness (QED) is 0.517. The molecule has 0 aliphatic heterocycles. The Morgan fingerprint density at radius 2 is 2.12 bits per heavy atom. The molecule has 0 saturated heterocycles. The summed E-state index contributed by atoms with van der Waals surface area (Å²) in [6.07, 6.45) is 1.75. The predicted octanol–water partition coefficient (Wildman–Crippen LogP) is 2.99. The van der Waals surface area contributed by atoms with E-state index in [2.05, 4.69) is 20.3 Å². The van der Waals surface area contributed by atoms with Gasteiger partial charge in [-0.1, -0.05) is 12.1 Å². The summed E-state index contributed by atoms with van der Waals surface area (Å²) >= 11 is 2.57. The number of thioether (sulfide) groups is 1. The average molecular weight is 390 g/mol. The number of amides is 1. The number of rotatable bonds is 5. The monoisotopic (exact) mass is 390 g/mol. The number of carbonyl (C=O) groups excluding carboxylic acids is 1. The fourth-order valence-electron chi connectivity index (χ4n) is 2.40. The molecule has 3 aromatic rings. The number of aromatic nitrogens is 3. The minimum atomic E-state index is -0.488. The molecule has 134 valence electrons. The van der Waals surface area contributed by atoms with E-state index in [-0.39, 0.29) is 18.3 Å². The van der Waals surface area contributed by atoms with E-state index in [1.54, 1.807) is 36.8 Å². The first kappa shape index (κ1) is 18.3. The number of nitrogens with one attached hydrogen (secondary N) is 2. The number of thiazole rings is 1. The third-order valence-electron chi connectivity index (χ3n) is 3.61. The number of carbonyl (C=O) groups is 1. The second-order valence-corrected chi connectivity index (χ2v) is 7.08. The number of hydrogen-bond acceptors (Lipinski definition) is 6. The van der Waals surface area contributed by atoms with Crippen LogP contribution in [0.25, 0.3) is 11.3 Å². The number of aryl methyl sites for hydroxylation is 1. The maximum atomic E-state index is 13.8. The Morgan fingerprint density at radius 3 is 2.85 bits per heavy atom. The maximum Gasteiger partial charge on any atom is 0.346 e. The standard InChI is InChI=1S/C17H15FN4O2S2/c1-9-14(16(25-2)22-17(24)20-9)15(23)19-7-13-21-12(8-26-13)10-5-3-4-6-11(10)18/h3-6,8H,7H2,1-2H3,(H,19,23)(H,20,22,24). The van der Waals surface area contributed by atoms with Crippen molar-refractivity contribution in [2.75, 3.05) is 6.26 Å². The van der Waals surface area contributed by atoms with Crippen molar-refractivity contribution >= 4 is 29.0 Å². The predicted molar refractivity (Wildman–Crippen MR) is 100 cm³/mol. The zero-order chi connectivity index (χ0) is 18.7. The summed E-state index contributed by atoms with van der Waals surface area (Å²) in [6.45, 7) is 1.85. The maximum absolute atomic E-state index is 13.8. The summed E-state index contributed by atoms with van der Waals surface area (Å²) in [6, 6.07) is 6.41. The molecule has 0 aliphatic rings. The van der Waals surface area contributed by atoms with Crippen molar-refractivity contribution in [3.63, 3.8) is 0 Å². The van der Waals surface area contributed by atoms with E-state index in [0.717, 1.165) is 0 Å². The summed E-state index contributed by atoms with van der Waals surface area (Å²) in [5.74, 6) is -0.689. The summed E-state index contributed by atoms with van der Waals surface area (Å²) in [5.41, 5.74) is 1.26. The van der Waals surface area contributed by atoms with Crippen LogP contribution in [-0.2, 0) is 6.54 Å². The van der Waals surface area contributed by atoms with Crippen LogP contribution in [0.3, 0.4) is 0 Å². The summed E-state index contributed by atoms with van der Waals surface area (Å²) in [4.78, 5) is 34.6. The fraction of sp³-hybridized carbons (Fsp3) is 0.176. The highest BCUT2D eigenvalue weighted by molar-refractivity contribution is 7.98. The van der Waals surface area contributed by atoms with Gasteiger partial charge < -0.3 is 10.3 Å². The van der Waals surface area contributed by atoms with E-state index >= 15 is 0 Å². The van der Waals surface area contributed by atoms with Gasteiger partial charge in [0.25, 0.3) is 5.91 Å². The van der Waals surface area contributed by atoms with Gasteiger partial charge in [0.1, 0.15) is 15.9 Å². The van der Waals surface area contributed by atoms with Crippen molar-refractivity contribution in [1.29, 1.82) is 0 Å². The number of benzene rings is 1. The van der Waals surface area contributed by atoms with Gasteiger partial charge in [-0.3, -0.25) is 4.79 Å². The van der Waals surface area contributed by atoms with Crippen LogP contribution in [-0.4, -0.2) is 27.1 Å². The zero-order valence-electron chi connectivity index (χ0n) is 14.0. The molecule has 6 nitrogen and oxygen atoms in total. The van der Waals surface area contributed by atoms with Crippen LogP contribution in [0.2, 0.25) is 0 Å². The Hall–Kier alpha value is -2.52. The van der Waals surface area contributed by atoms with Gasteiger partial charge in [-0.2, -0.15) is 4.98 Å². The molecule has 2 heterocycles. The van der Waals surface area contributed by atoms with Crippen molar-refractivity contribution in [3.8, 4) is 11.3 Å². The molecule has 3 rings (SSSR count).